The summed E-state index contributed by atoms with van der Waals surface area (Å²) in [4.78, 5) is 11.6. The van der Waals surface area contributed by atoms with Crippen molar-refractivity contribution in [2.24, 2.45) is 5.73 Å². The predicted molar refractivity (Wildman–Crippen MR) is 109 cm³/mol. The molecule has 5 atom stereocenters. The first-order valence-electron chi connectivity index (χ1n) is 10.7. The van der Waals surface area contributed by atoms with Gasteiger partial charge in [0.2, 0.25) is 5.91 Å². The number of carbonyl (C=O) groups is 1. The van der Waals surface area contributed by atoms with Gasteiger partial charge in [-0.3, -0.25) is 4.79 Å². The quantitative estimate of drug-likeness (QED) is 0.312. The van der Waals surface area contributed by atoms with Crippen LogP contribution in [0.3, 0.4) is 0 Å². The molecule has 0 bridgehead atoms. The molecule has 182 valence electrons. The molecule has 11 heteroatoms. The molecule has 0 aliphatic carbocycles. The smallest absolute Gasteiger partial charge is 0.217 e. The molecule has 2 aliphatic heterocycles. The van der Waals surface area contributed by atoms with Gasteiger partial charge in [0.25, 0.3) is 0 Å². The molecule has 31 heavy (non-hydrogen) atoms. The Labute approximate surface area is 184 Å². The van der Waals surface area contributed by atoms with Crippen molar-refractivity contribution in [2.75, 3.05) is 66.5 Å². The zero-order chi connectivity index (χ0) is 22.7. The minimum absolute atomic E-state index is 0.193. The highest BCUT2D eigenvalue weighted by Crippen LogP contribution is 2.37. The van der Waals surface area contributed by atoms with Crippen LogP contribution in [0.25, 0.3) is 0 Å². The number of ether oxygens (including phenoxy) is 8. The first-order chi connectivity index (χ1) is 14.9. The van der Waals surface area contributed by atoms with Crippen LogP contribution in [0.5, 0.6) is 0 Å². The van der Waals surface area contributed by atoms with Gasteiger partial charge in [0, 0.05) is 20.6 Å². The number of amides is 1. The van der Waals surface area contributed by atoms with Crippen LogP contribution in [0.4, 0.5) is 0 Å². The van der Waals surface area contributed by atoms with Crippen molar-refractivity contribution in [3.05, 3.63) is 0 Å². The Morgan fingerprint density at radius 2 is 1.48 bits per heavy atom. The molecule has 11 nitrogen and oxygen atoms in total. The zero-order valence-corrected chi connectivity index (χ0v) is 19.0. The number of rotatable bonds is 15. The Morgan fingerprint density at radius 1 is 0.935 bits per heavy atom. The molecule has 2 heterocycles. The van der Waals surface area contributed by atoms with E-state index in [1.807, 2.05) is 13.8 Å². The molecule has 2 fully saturated rings. The molecule has 2 rings (SSSR count). The van der Waals surface area contributed by atoms with Crippen LogP contribution < -0.4 is 11.1 Å². The van der Waals surface area contributed by atoms with E-state index < -0.39 is 36.4 Å². The normalized spacial score (nSPS) is 29.6. The van der Waals surface area contributed by atoms with Crippen LogP contribution >= 0.6 is 0 Å². The van der Waals surface area contributed by atoms with Crippen LogP contribution in [-0.4, -0.2) is 109 Å². The fraction of sp³-hybridized carbons (Fsp3) is 0.950. The summed E-state index contributed by atoms with van der Waals surface area (Å²) < 4.78 is 45.3. The number of carbonyl (C=O) groups excluding carboxylic acids is 1. The second-order valence-electron chi connectivity index (χ2n) is 7.77. The molecule has 0 unspecified atom stereocenters. The maximum absolute atomic E-state index is 11.6. The third-order valence-electron chi connectivity index (χ3n) is 4.75. The lowest BCUT2D eigenvalue weighted by Crippen LogP contribution is -2.63. The van der Waals surface area contributed by atoms with E-state index in [0.717, 1.165) is 0 Å². The minimum Gasteiger partial charge on any atom is -0.378 e. The van der Waals surface area contributed by atoms with E-state index in [0.29, 0.717) is 52.8 Å². The lowest BCUT2D eigenvalue weighted by molar-refractivity contribution is -0.245. The predicted octanol–water partition coefficient (Wildman–Crippen LogP) is -0.592. The Morgan fingerprint density at radius 3 is 2.03 bits per heavy atom. The summed E-state index contributed by atoms with van der Waals surface area (Å²) in [6.45, 7) is 9.26. The van der Waals surface area contributed by atoms with Crippen LogP contribution in [0, 0.1) is 0 Å². The van der Waals surface area contributed by atoms with Gasteiger partial charge in [-0.25, -0.2) is 0 Å². The maximum Gasteiger partial charge on any atom is 0.217 e. The summed E-state index contributed by atoms with van der Waals surface area (Å²) in [6, 6.07) is -0.477. The molecule has 0 aromatic heterocycles. The number of hydrogen-bond donors (Lipinski definition) is 2. The Hall–Kier alpha value is -0.890. The van der Waals surface area contributed by atoms with Crippen LogP contribution in [0.2, 0.25) is 0 Å². The number of fused-ring (bicyclic) bond motifs is 1. The van der Waals surface area contributed by atoms with Crippen molar-refractivity contribution in [3.8, 4) is 0 Å². The van der Waals surface area contributed by atoms with Gasteiger partial charge in [0.05, 0.1) is 52.9 Å². The highest BCUT2D eigenvalue weighted by molar-refractivity contribution is 5.73. The number of methoxy groups -OCH3 is 1. The zero-order valence-electron chi connectivity index (χ0n) is 19.0. The largest absolute Gasteiger partial charge is 0.378 e. The second kappa shape index (κ2) is 13.6. The summed E-state index contributed by atoms with van der Waals surface area (Å²) in [5.74, 6) is -0.990. The van der Waals surface area contributed by atoms with E-state index in [2.05, 4.69) is 5.32 Å². The fourth-order valence-corrected chi connectivity index (χ4v) is 3.54. The summed E-state index contributed by atoms with van der Waals surface area (Å²) in [7, 11) is 1.53. The molecule has 2 aliphatic rings. The van der Waals surface area contributed by atoms with Crippen molar-refractivity contribution >= 4 is 5.91 Å². The van der Waals surface area contributed by atoms with E-state index in [1.54, 1.807) is 0 Å². The van der Waals surface area contributed by atoms with Gasteiger partial charge in [0.15, 0.2) is 12.1 Å². The number of nitrogens with one attached hydrogen (secondary N) is 1. The molecular formula is C20H38N2O9. The Bertz CT molecular complexity index is 523. The van der Waals surface area contributed by atoms with E-state index in [-0.39, 0.29) is 12.5 Å². The van der Waals surface area contributed by atoms with E-state index in [4.69, 9.17) is 43.6 Å². The average Bonchev–Trinajstić information content (AvgIpc) is 3.05. The molecule has 1 amide bonds. The van der Waals surface area contributed by atoms with Gasteiger partial charge in [-0.2, -0.15) is 0 Å². The van der Waals surface area contributed by atoms with Crippen molar-refractivity contribution < 1.29 is 42.7 Å². The highest BCUT2D eigenvalue weighted by atomic mass is 16.8. The first-order valence-corrected chi connectivity index (χ1v) is 10.7. The molecular weight excluding hydrogens is 412 g/mol. The van der Waals surface area contributed by atoms with Gasteiger partial charge in [-0.05, 0) is 13.8 Å². The lowest BCUT2D eigenvalue weighted by atomic mass is 9.97. The van der Waals surface area contributed by atoms with Crippen molar-refractivity contribution in [1.82, 2.24) is 5.32 Å². The summed E-state index contributed by atoms with van der Waals surface area (Å²) >= 11 is 0. The second-order valence-corrected chi connectivity index (χ2v) is 7.77. The molecule has 3 N–H and O–H groups in total. The fourth-order valence-electron chi connectivity index (χ4n) is 3.54. The summed E-state index contributed by atoms with van der Waals surface area (Å²) in [5.41, 5.74) is 5.33. The summed E-state index contributed by atoms with van der Waals surface area (Å²) in [5, 5.41) is 2.85. The van der Waals surface area contributed by atoms with Gasteiger partial charge in [-0.15, -0.1) is 0 Å². The molecule has 0 saturated carbocycles. The topological polar surface area (TPSA) is 129 Å². The Balaban J connectivity index is 1.67. The van der Waals surface area contributed by atoms with Crippen molar-refractivity contribution in [3.63, 3.8) is 0 Å². The van der Waals surface area contributed by atoms with Crippen LogP contribution in [0.1, 0.15) is 20.8 Å². The molecule has 0 aromatic carbocycles. The van der Waals surface area contributed by atoms with Gasteiger partial charge < -0.3 is 48.9 Å². The van der Waals surface area contributed by atoms with Crippen molar-refractivity contribution in [2.45, 2.75) is 57.2 Å². The van der Waals surface area contributed by atoms with E-state index in [9.17, 15) is 4.79 Å². The van der Waals surface area contributed by atoms with E-state index >= 15 is 0 Å². The third kappa shape index (κ3) is 8.87. The number of nitrogens with two attached hydrogens (primary N) is 1. The lowest BCUT2D eigenvalue weighted by Gasteiger charge is -2.41. The van der Waals surface area contributed by atoms with Gasteiger partial charge in [-0.1, -0.05) is 0 Å². The summed E-state index contributed by atoms with van der Waals surface area (Å²) in [6.07, 6.45) is -1.88. The molecule has 0 aromatic rings. The van der Waals surface area contributed by atoms with Crippen LogP contribution in [-0.2, 0) is 42.7 Å². The monoisotopic (exact) mass is 450 g/mol. The Kier molecular flexibility index (Phi) is 11.6. The molecule has 0 spiro atoms. The van der Waals surface area contributed by atoms with Gasteiger partial charge >= 0.3 is 0 Å². The molecule has 0 radical (unpaired) electrons. The minimum atomic E-state index is -0.797. The maximum atomic E-state index is 11.6. The number of hydrogen-bond acceptors (Lipinski definition) is 10. The average molecular weight is 451 g/mol. The SMILES string of the molecule is CO[C@@H]1O[C@H](COCCOCCOCCOCCN)[C@@H]2OC(C)(C)O[C@@H]2[C@H]1NC(C)=O. The van der Waals surface area contributed by atoms with Crippen molar-refractivity contribution in [1.29, 1.82) is 0 Å². The first kappa shape index (κ1) is 26.4. The standard InChI is InChI=1S/C20H38N2O9/c1-14(23)22-16-18-17(30-20(2,3)31-18)15(29-19(16)24-4)13-28-12-11-27-10-9-26-8-7-25-6-5-21/h15-19H,5-13,21H2,1-4H3,(H,22,23)/t15-,16-,17+,18-,19-/m1/s1. The third-order valence-corrected chi connectivity index (χ3v) is 4.75. The van der Waals surface area contributed by atoms with E-state index in [1.165, 1.54) is 14.0 Å². The van der Waals surface area contributed by atoms with Gasteiger partial charge in [0.1, 0.15) is 24.4 Å². The highest BCUT2D eigenvalue weighted by Gasteiger charge is 2.55. The van der Waals surface area contributed by atoms with Crippen LogP contribution in [0.15, 0.2) is 0 Å². The molecule has 2 saturated heterocycles.